The van der Waals surface area contributed by atoms with Crippen LogP contribution < -0.4 is 19.5 Å². The van der Waals surface area contributed by atoms with Crippen molar-refractivity contribution in [2.45, 2.75) is 38.0 Å². The molecule has 9 nitrogen and oxygen atoms in total. The SMILES string of the molecule is COc1ccc2ncc(F)c(CCN3CCC(NCc4cc5c(cn4)OCCO5)C(C)(O)C3)c2n1. The molecule has 186 valence electrons. The van der Waals surface area contributed by atoms with Gasteiger partial charge in [0.2, 0.25) is 5.88 Å². The molecule has 2 unspecified atom stereocenters. The first-order valence-corrected chi connectivity index (χ1v) is 11.8. The van der Waals surface area contributed by atoms with Gasteiger partial charge in [0, 0.05) is 43.4 Å². The van der Waals surface area contributed by atoms with Crippen molar-refractivity contribution in [3.05, 3.63) is 47.7 Å². The number of hydrogen-bond acceptors (Lipinski definition) is 9. The zero-order valence-electron chi connectivity index (χ0n) is 20.0. The van der Waals surface area contributed by atoms with Gasteiger partial charge >= 0.3 is 0 Å². The van der Waals surface area contributed by atoms with Crippen molar-refractivity contribution >= 4 is 11.0 Å². The number of fused-ring (bicyclic) bond motifs is 2. The summed E-state index contributed by atoms with van der Waals surface area (Å²) in [4.78, 5) is 15.1. The lowest BCUT2D eigenvalue weighted by Gasteiger charge is -2.43. The minimum absolute atomic E-state index is 0.0989. The Hall–Kier alpha value is -3.08. The van der Waals surface area contributed by atoms with Crippen LogP contribution in [0, 0.1) is 5.82 Å². The normalized spacial score (nSPS) is 22.3. The fourth-order valence-electron chi connectivity index (χ4n) is 4.79. The van der Waals surface area contributed by atoms with Gasteiger partial charge in [0.15, 0.2) is 11.5 Å². The van der Waals surface area contributed by atoms with Crippen LogP contribution in [0.2, 0.25) is 0 Å². The number of hydrogen-bond donors (Lipinski definition) is 2. The lowest BCUT2D eigenvalue weighted by Crippen LogP contribution is -2.60. The third-order valence-electron chi connectivity index (χ3n) is 6.67. The maximum absolute atomic E-state index is 14.6. The van der Waals surface area contributed by atoms with E-state index in [2.05, 4.69) is 25.2 Å². The average Bonchev–Trinajstić information content (AvgIpc) is 2.86. The Morgan fingerprint density at radius 3 is 2.86 bits per heavy atom. The molecule has 0 amide bonds. The fourth-order valence-corrected chi connectivity index (χ4v) is 4.79. The van der Waals surface area contributed by atoms with Crippen LogP contribution in [0.3, 0.4) is 0 Å². The predicted octanol–water partition coefficient (Wildman–Crippen LogP) is 2.10. The van der Waals surface area contributed by atoms with Gasteiger partial charge in [0.1, 0.15) is 19.0 Å². The Morgan fingerprint density at radius 2 is 2.06 bits per heavy atom. The quantitative estimate of drug-likeness (QED) is 0.523. The number of aromatic nitrogens is 3. The number of pyridine rings is 3. The highest BCUT2D eigenvalue weighted by atomic mass is 19.1. The van der Waals surface area contributed by atoms with E-state index in [9.17, 15) is 9.50 Å². The van der Waals surface area contributed by atoms with E-state index < -0.39 is 5.60 Å². The maximum Gasteiger partial charge on any atom is 0.213 e. The first-order valence-electron chi connectivity index (χ1n) is 11.8. The van der Waals surface area contributed by atoms with Crippen LogP contribution in [0.4, 0.5) is 4.39 Å². The van der Waals surface area contributed by atoms with Crippen molar-refractivity contribution in [1.29, 1.82) is 0 Å². The number of rotatable bonds is 7. The summed E-state index contributed by atoms with van der Waals surface area (Å²) in [5.74, 6) is 1.40. The van der Waals surface area contributed by atoms with Crippen molar-refractivity contribution in [2.24, 2.45) is 0 Å². The van der Waals surface area contributed by atoms with Gasteiger partial charge in [0.25, 0.3) is 0 Å². The first-order chi connectivity index (χ1) is 16.9. The van der Waals surface area contributed by atoms with Crippen LogP contribution in [-0.4, -0.2) is 76.6 Å². The molecule has 10 heteroatoms. The molecule has 2 N–H and O–H groups in total. The highest BCUT2D eigenvalue weighted by Crippen LogP contribution is 2.30. The summed E-state index contributed by atoms with van der Waals surface area (Å²) >= 11 is 0. The van der Waals surface area contributed by atoms with Gasteiger partial charge in [-0.1, -0.05) is 0 Å². The minimum atomic E-state index is -0.952. The Balaban J connectivity index is 1.20. The molecule has 0 aromatic carbocycles. The van der Waals surface area contributed by atoms with E-state index in [0.717, 1.165) is 18.7 Å². The second kappa shape index (κ2) is 9.88. The first kappa shape index (κ1) is 23.7. The molecule has 0 radical (unpaired) electrons. The van der Waals surface area contributed by atoms with Gasteiger partial charge in [-0.3, -0.25) is 9.97 Å². The van der Waals surface area contributed by atoms with Crippen LogP contribution in [0.25, 0.3) is 11.0 Å². The van der Waals surface area contributed by atoms with Gasteiger partial charge < -0.3 is 29.5 Å². The van der Waals surface area contributed by atoms with E-state index in [-0.39, 0.29) is 11.9 Å². The Bertz CT molecular complexity index is 1210. The molecule has 3 aromatic rings. The van der Waals surface area contributed by atoms with Gasteiger partial charge in [-0.05, 0) is 32.4 Å². The molecule has 5 rings (SSSR count). The van der Waals surface area contributed by atoms with Crippen molar-refractivity contribution < 1.29 is 23.7 Å². The molecular formula is C25H30FN5O4. The minimum Gasteiger partial charge on any atom is -0.486 e. The average molecular weight is 484 g/mol. The third kappa shape index (κ3) is 5.14. The number of β-amino-alcohol motifs (C(OH)–C–C–N with tert-alkyl or cyclic N) is 1. The van der Waals surface area contributed by atoms with Crippen LogP contribution >= 0.6 is 0 Å². The molecule has 0 aliphatic carbocycles. The lowest BCUT2D eigenvalue weighted by atomic mass is 9.88. The summed E-state index contributed by atoms with van der Waals surface area (Å²) < 4.78 is 31.0. The largest absolute Gasteiger partial charge is 0.486 e. The second-order valence-corrected chi connectivity index (χ2v) is 9.23. The molecule has 5 heterocycles. The molecule has 1 fully saturated rings. The summed E-state index contributed by atoms with van der Waals surface area (Å²) in [6, 6.07) is 5.27. The number of aliphatic hydroxyl groups is 1. The standard InChI is InChI=1S/C25H30FN5O4/c1-25(32)15-31(7-5-17-18(26)13-28-19-3-4-23(33-2)30-24(17)19)8-6-22(25)29-12-16-11-20-21(14-27-16)35-10-9-34-20/h3-4,11,13-14,22,29,32H,5-10,12,15H2,1-2H3. The fraction of sp³-hybridized carbons (Fsp3) is 0.480. The van der Waals surface area contributed by atoms with Crippen LogP contribution in [0.1, 0.15) is 24.6 Å². The van der Waals surface area contributed by atoms with E-state index in [4.69, 9.17) is 14.2 Å². The molecule has 0 spiro atoms. The number of halogens is 1. The molecule has 2 aliphatic heterocycles. The number of ether oxygens (including phenoxy) is 3. The van der Waals surface area contributed by atoms with E-state index in [1.165, 1.54) is 13.3 Å². The van der Waals surface area contributed by atoms with Gasteiger partial charge in [-0.25, -0.2) is 9.37 Å². The summed E-state index contributed by atoms with van der Waals surface area (Å²) in [6.07, 6.45) is 4.13. The highest BCUT2D eigenvalue weighted by Gasteiger charge is 2.37. The predicted molar refractivity (Wildman–Crippen MR) is 127 cm³/mol. The molecule has 1 saturated heterocycles. The van der Waals surface area contributed by atoms with Gasteiger partial charge in [-0.15, -0.1) is 0 Å². The Kier molecular flexibility index (Phi) is 6.68. The van der Waals surface area contributed by atoms with Gasteiger partial charge in [-0.2, -0.15) is 0 Å². The zero-order valence-corrected chi connectivity index (χ0v) is 20.0. The summed E-state index contributed by atoms with van der Waals surface area (Å²) in [7, 11) is 1.53. The van der Waals surface area contributed by atoms with Gasteiger partial charge in [0.05, 0.1) is 41.8 Å². The van der Waals surface area contributed by atoms with E-state index in [0.29, 0.717) is 73.2 Å². The van der Waals surface area contributed by atoms with Crippen molar-refractivity contribution in [3.8, 4) is 17.4 Å². The van der Waals surface area contributed by atoms with E-state index in [1.54, 1.807) is 18.3 Å². The van der Waals surface area contributed by atoms with E-state index in [1.807, 2.05) is 13.0 Å². The summed E-state index contributed by atoms with van der Waals surface area (Å²) in [5.41, 5.74) is 1.53. The molecule has 0 bridgehead atoms. The number of piperidine rings is 1. The van der Waals surface area contributed by atoms with Crippen LogP contribution in [-0.2, 0) is 13.0 Å². The Morgan fingerprint density at radius 1 is 1.23 bits per heavy atom. The monoisotopic (exact) mass is 483 g/mol. The lowest BCUT2D eigenvalue weighted by molar-refractivity contribution is -0.0434. The summed E-state index contributed by atoms with van der Waals surface area (Å²) in [5, 5.41) is 14.6. The van der Waals surface area contributed by atoms with Crippen molar-refractivity contribution in [1.82, 2.24) is 25.2 Å². The molecule has 3 aromatic heterocycles. The molecule has 2 atom stereocenters. The topological polar surface area (TPSA) is 102 Å². The maximum atomic E-state index is 14.6. The molecule has 0 saturated carbocycles. The summed E-state index contributed by atoms with van der Waals surface area (Å²) in [6.45, 7) is 5.26. The second-order valence-electron chi connectivity index (χ2n) is 9.23. The smallest absolute Gasteiger partial charge is 0.213 e. The molecule has 35 heavy (non-hydrogen) atoms. The zero-order chi connectivity index (χ0) is 24.4. The number of nitrogens with one attached hydrogen (secondary N) is 1. The van der Waals surface area contributed by atoms with E-state index >= 15 is 0 Å². The molecular weight excluding hydrogens is 453 g/mol. The van der Waals surface area contributed by atoms with Crippen LogP contribution in [0.5, 0.6) is 17.4 Å². The highest BCUT2D eigenvalue weighted by molar-refractivity contribution is 5.78. The van der Waals surface area contributed by atoms with Crippen molar-refractivity contribution in [3.63, 3.8) is 0 Å². The number of likely N-dealkylation sites (tertiary alicyclic amines) is 1. The number of methoxy groups -OCH3 is 1. The van der Waals surface area contributed by atoms with Crippen LogP contribution in [0.15, 0.2) is 30.6 Å². The Labute approximate surface area is 203 Å². The van der Waals surface area contributed by atoms with Crippen molar-refractivity contribution in [2.75, 3.05) is 40.0 Å². The number of nitrogens with zero attached hydrogens (tertiary/aromatic N) is 4. The third-order valence-corrected chi connectivity index (χ3v) is 6.67. The molecule has 2 aliphatic rings.